The number of fused-ring (bicyclic) bond motifs is 1. The normalized spacial score (nSPS) is 11.3. The van der Waals surface area contributed by atoms with Crippen molar-refractivity contribution >= 4 is 47.5 Å². The summed E-state index contributed by atoms with van der Waals surface area (Å²) >= 11 is 0. The first kappa shape index (κ1) is 17.7. The van der Waals surface area contributed by atoms with Crippen LogP contribution in [-0.4, -0.2) is 16.9 Å². The zero-order valence-corrected chi connectivity index (χ0v) is 12.3. The van der Waals surface area contributed by atoms with Gasteiger partial charge in [0.1, 0.15) is 5.52 Å². The molecule has 0 unspecified atom stereocenters. The van der Waals surface area contributed by atoms with Crippen LogP contribution in [-0.2, 0) is 4.79 Å². The van der Waals surface area contributed by atoms with Gasteiger partial charge in [-0.25, -0.2) is 4.98 Å². The first-order valence-electron chi connectivity index (χ1n) is 5.53. The van der Waals surface area contributed by atoms with Gasteiger partial charge in [0.2, 0.25) is 5.91 Å². The Hall–Kier alpha value is -1.30. The van der Waals surface area contributed by atoms with Crippen molar-refractivity contribution in [3.05, 3.63) is 24.1 Å². The molecule has 0 aliphatic heterocycles. The number of nitrogens with zero attached hydrogens (tertiary/aromatic N) is 1. The van der Waals surface area contributed by atoms with Crippen LogP contribution >= 0.6 is 24.8 Å². The van der Waals surface area contributed by atoms with Gasteiger partial charge in [0.05, 0.1) is 6.04 Å². The molecule has 0 aliphatic carbocycles. The molecule has 1 amide bonds. The minimum absolute atomic E-state index is 0. The Labute approximate surface area is 123 Å². The average Bonchev–Trinajstić information content (AvgIpc) is 2.67. The van der Waals surface area contributed by atoms with E-state index in [0.717, 1.165) is 5.52 Å². The molecule has 1 aromatic carbocycles. The minimum Gasteiger partial charge on any atom is -0.441 e. The molecule has 0 bridgehead atoms. The fourth-order valence-electron chi connectivity index (χ4n) is 1.54. The van der Waals surface area contributed by atoms with E-state index in [1.165, 1.54) is 0 Å². The molecule has 19 heavy (non-hydrogen) atoms. The van der Waals surface area contributed by atoms with Gasteiger partial charge in [0, 0.05) is 12.6 Å². The second kappa shape index (κ2) is 7.33. The van der Waals surface area contributed by atoms with Crippen LogP contribution in [0, 0.1) is 6.92 Å². The Morgan fingerprint density at radius 2 is 2.16 bits per heavy atom. The maximum Gasteiger partial charge on any atom is 0.241 e. The van der Waals surface area contributed by atoms with Crippen LogP contribution in [0.15, 0.2) is 22.6 Å². The van der Waals surface area contributed by atoms with E-state index in [2.05, 4.69) is 10.3 Å². The Kier molecular flexibility index (Phi) is 6.83. The number of aromatic nitrogens is 1. The number of nitrogens with two attached hydrogens (primary N) is 1. The number of amides is 1. The molecule has 1 heterocycles. The van der Waals surface area contributed by atoms with Crippen LogP contribution in [0.2, 0.25) is 0 Å². The van der Waals surface area contributed by atoms with Gasteiger partial charge in [0.25, 0.3) is 0 Å². The van der Waals surface area contributed by atoms with Crippen LogP contribution in [0.25, 0.3) is 11.1 Å². The molecule has 2 aromatic rings. The van der Waals surface area contributed by atoms with Gasteiger partial charge in [-0.3, -0.25) is 4.79 Å². The number of rotatable bonds is 3. The molecule has 1 aromatic heterocycles. The molecule has 0 saturated heterocycles. The van der Waals surface area contributed by atoms with Crippen molar-refractivity contribution in [2.24, 2.45) is 5.73 Å². The third kappa shape index (κ3) is 4.09. The maximum absolute atomic E-state index is 11.6. The summed E-state index contributed by atoms with van der Waals surface area (Å²) in [5.41, 5.74) is 7.75. The zero-order valence-electron chi connectivity index (χ0n) is 10.7. The standard InChI is InChI=1S/C12H15N3O2.2ClH/c1-3-9(13)12(16)15-8-4-5-11-10(6-8)14-7(2)17-11;;/h4-6,9H,3,13H2,1-2H3,(H,15,16);2*1H/t9-;;/m0../s1. The lowest BCUT2D eigenvalue weighted by Crippen LogP contribution is -2.34. The van der Waals surface area contributed by atoms with E-state index in [1.54, 1.807) is 25.1 Å². The summed E-state index contributed by atoms with van der Waals surface area (Å²) in [7, 11) is 0. The first-order valence-corrected chi connectivity index (χ1v) is 5.53. The molecule has 5 nitrogen and oxygen atoms in total. The molecule has 0 fully saturated rings. The number of oxazole rings is 1. The van der Waals surface area contributed by atoms with E-state index in [9.17, 15) is 4.79 Å². The van der Waals surface area contributed by atoms with Crippen molar-refractivity contribution in [3.63, 3.8) is 0 Å². The summed E-state index contributed by atoms with van der Waals surface area (Å²) in [5.74, 6) is 0.417. The Balaban J connectivity index is 0.00000162. The van der Waals surface area contributed by atoms with Crippen molar-refractivity contribution in [1.82, 2.24) is 4.98 Å². The molecule has 0 spiro atoms. The number of carbonyl (C=O) groups is 1. The van der Waals surface area contributed by atoms with Crippen LogP contribution in [0.5, 0.6) is 0 Å². The van der Waals surface area contributed by atoms with E-state index in [1.807, 2.05) is 6.92 Å². The van der Waals surface area contributed by atoms with Crippen molar-refractivity contribution in [2.45, 2.75) is 26.3 Å². The second-order valence-corrected chi connectivity index (χ2v) is 3.92. The summed E-state index contributed by atoms with van der Waals surface area (Å²) in [4.78, 5) is 15.8. The van der Waals surface area contributed by atoms with Gasteiger partial charge in [-0.2, -0.15) is 0 Å². The zero-order chi connectivity index (χ0) is 12.4. The molecule has 0 saturated carbocycles. The molecule has 0 aliphatic rings. The Morgan fingerprint density at radius 3 is 2.79 bits per heavy atom. The van der Waals surface area contributed by atoms with Crippen molar-refractivity contribution < 1.29 is 9.21 Å². The number of hydrogen-bond donors (Lipinski definition) is 2. The highest BCUT2D eigenvalue weighted by Gasteiger charge is 2.11. The van der Waals surface area contributed by atoms with Gasteiger partial charge in [-0.05, 0) is 24.6 Å². The summed E-state index contributed by atoms with van der Waals surface area (Å²) in [5, 5.41) is 2.75. The lowest BCUT2D eigenvalue weighted by atomic mass is 10.2. The summed E-state index contributed by atoms with van der Waals surface area (Å²) in [6.45, 7) is 3.65. The number of anilines is 1. The molecule has 0 radical (unpaired) electrons. The van der Waals surface area contributed by atoms with Crippen LogP contribution < -0.4 is 11.1 Å². The number of nitrogens with one attached hydrogen (secondary N) is 1. The van der Waals surface area contributed by atoms with Gasteiger partial charge in [-0.1, -0.05) is 6.92 Å². The van der Waals surface area contributed by atoms with Crippen LogP contribution in [0.4, 0.5) is 5.69 Å². The topological polar surface area (TPSA) is 81.2 Å². The predicted octanol–water partition coefficient (Wildman–Crippen LogP) is 2.66. The highest BCUT2D eigenvalue weighted by Crippen LogP contribution is 2.19. The molecule has 3 N–H and O–H groups in total. The highest BCUT2D eigenvalue weighted by atomic mass is 35.5. The van der Waals surface area contributed by atoms with Gasteiger partial charge in [0.15, 0.2) is 11.5 Å². The quantitative estimate of drug-likeness (QED) is 0.913. The minimum atomic E-state index is -0.482. The number of halogens is 2. The third-order valence-corrected chi connectivity index (χ3v) is 2.54. The van der Waals surface area contributed by atoms with Crippen molar-refractivity contribution in [2.75, 3.05) is 5.32 Å². The smallest absolute Gasteiger partial charge is 0.241 e. The van der Waals surface area contributed by atoms with Crippen molar-refractivity contribution in [3.8, 4) is 0 Å². The van der Waals surface area contributed by atoms with E-state index in [-0.39, 0.29) is 30.7 Å². The molecular weight excluding hydrogens is 289 g/mol. The molecule has 7 heteroatoms. The highest BCUT2D eigenvalue weighted by molar-refractivity contribution is 5.96. The SMILES string of the molecule is CC[C@H](N)C(=O)Nc1ccc2oc(C)nc2c1.Cl.Cl. The number of hydrogen-bond acceptors (Lipinski definition) is 4. The maximum atomic E-state index is 11.6. The number of carbonyl (C=O) groups excluding carboxylic acids is 1. The fraction of sp³-hybridized carbons (Fsp3) is 0.333. The summed E-state index contributed by atoms with van der Waals surface area (Å²) in [6, 6.07) is 4.84. The average molecular weight is 306 g/mol. The Bertz CT molecular complexity index is 557. The molecular formula is C12H17Cl2N3O2. The van der Waals surface area contributed by atoms with E-state index in [0.29, 0.717) is 23.6 Å². The van der Waals surface area contributed by atoms with Gasteiger partial charge < -0.3 is 15.5 Å². The monoisotopic (exact) mass is 305 g/mol. The first-order chi connectivity index (χ1) is 8.10. The van der Waals surface area contributed by atoms with Crippen LogP contribution in [0.3, 0.4) is 0 Å². The van der Waals surface area contributed by atoms with E-state index in [4.69, 9.17) is 10.2 Å². The van der Waals surface area contributed by atoms with Crippen molar-refractivity contribution in [1.29, 1.82) is 0 Å². The Morgan fingerprint density at radius 1 is 1.47 bits per heavy atom. The number of aryl methyl sites for hydroxylation is 1. The summed E-state index contributed by atoms with van der Waals surface area (Å²) in [6.07, 6.45) is 0.608. The molecule has 1 atom stereocenters. The van der Waals surface area contributed by atoms with Gasteiger partial charge in [-0.15, -0.1) is 24.8 Å². The lowest BCUT2D eigenvalue weighted by Gasteiger charge is -2.09. The molecule has 106 valence electrons. The predicted molar refractivity (Wildman–Crippen MR) is 80.1 cm³/mol. The van der Waals surface area contributed by atoms with E-state index >= 15 is 0 Å². The molecule has 2 rings (SSSR count). The largest absolute Gasteiger partial charge is 0.441 e. The fourth-order valence-corrected chi connectivity index (χ4v) is 1.54. The lowest BCUT2D eigenvalue weighted by molar-refractivity contribution is -0.117. The number of benzene rings is 1. The summed E-state index contributed by atoms with van der Waals surface area (Å²) < 4.78 is 5.35. The third-order valence-electron chi connectivity index (χ3n) is 2.54. The van der Waals surface area contributed by atoms with Crippen LogP contribution in [0.1, 0.15) is 19.2 Å². The van der Waals surface area contributed by atoms with E-state index < -0.39 is 6.04 Å². The van der Waals surface area contributed by atoms with Gasteiger partial charge >= 0.3 is 0 Å². The second-order valence-electron chi connectivity index (χ2n) is 3.92.